The lowest BCUT2D eigenvalue weighted by atomic mass is 9.75. The minimum absolute atomic E-state index is 0.272. The maximum atomic E-state index is 12.1. The monoisotopic (exact) mass is 267 g/mol. The Balaban J connectivity index is 1.82. The third kappa shape index (κ3) is 4.03. The molecule has 3 atom stereocenters. The minimum atomic E-state index is 0.272. The Labute approximate surface area is 117 Å². The zero-order valence-electron chi connectivity index (χ0n) is 12.5. The second kappa shape index (κ2) is 6.85. The van der Waals surface area contributed by atoms with Gasteiger partial charge in [-0.25, -0.2) is 0 Å². The first-order valence-corrected chi connectivity index (χ1v) is 7.96. The molecule has 19 heavy (non-hydrogen) atoms. The summed E-state index contributed by atoms with van der Waals surface area (Å²) in [5.74, 6) is 2.84. The molecule has 0 spiro atoms. The van der Waals surface area contributed by atoms with Gasteiger partial charge in [-0.1, -0.05) is 13.8 Å². The van der Waals surface area contributed by atoms with Crippen LogP contribution in [0.2, 0.25) is 0 Å². The van der Waals surface area contributed by atoms with E-state index in [0.717, 1.165) is 51.2 Å². The first-order chi connectivity index (χ1) is 9.10. The van der Waals surface area contributed by atoms with Crippen molar-refractivity contribution in [3.63, 3.8) is 0 Å². The van der Waals surface area contributed by atoms with Crippen molar-refractivity contribution in [1.29, 1.82) is 0 Å². The Morgan fingerprint density at radius 3 is 2.84 bits per heavy atom. The van der Waals surface area contributed by atoms with Crippen molar-refractivity contribution in [2.75, 3.05) is 26.2 Å². The molecule has 0 bridgehead atoms. The van der Waals surface area contributed by atoms with Crippen LogP contribution in [0.1, 0.15) is 46.0 Å². The van der Waals surface area contributed by atoms with Gasteiger partial charge >= 0.3 is 0 Å². The van der Waals surface area contributed by atoms with Crippen molar-refractivity contribution in [1.82, 2.24) is 4.90 Å². The van der Waals surface area contributed by atoms with Gasteiger partial charge in [0.15, 0.2) is 0 Å². The number of carbonyl (C=O) groups excluding carboxylic acids is 1. The van der Waals surface area contributed by atoms with E-state index in [1.165, 1.54) is 6.42 Å². The molecule has 2 aliphatic rings. The molecule has 1 N–H and O–H groups in total. The van der Waals surface area contributed by atoms with Gasteiger partial charge in [0.1, 0.15) is 5.78 Å². The van der Waals surface area contributed by atoms with Crippen LogP contribution in [0, 0.1) is 23.7 Å². The zero-order chi connectivity index (χ0) is 13.8. The van der Waals surface area contributed by atoms with Crippen molar-refractivity contribution in [3.8, 4) is 0 Å². The number of ketones is 1. The summed E-state index contributed by atoms with van der Waals surface area (Å²) < 4.78 is 0. The Hall–Kier alpha value is -0.410. The van der Waals surface area contributed by atoms with Gasteiger partial charge in [0.2, 0.25) is 0 Å². The maximum Gasteiger partial charge on any atom is 0.137 e. The molecule has 1 aliphatic heterocycles. The summed E-state index contributed by atoms with van der Waals surface area (Å²) in [6.07, 6.45) is 5.10. The second-order valence-corrected chi connectivity index (χ2v) is 6.87. The summed E-state index contributed by atoms with van der Waals surface area (Å²) in [5.41, 5.74) is 0. The molecular weight excluding hydrogens is 238 g/mol. The van der Waals surface area contributed by atoms with E-state index in [9.17, 15) is 4.79 Å². The fourth-order valence-electron chi connectivity index (χ4n) is 3.74. The number of Topliss-reactive ketones (excluding diaryl/α,β-unsaturated/α-hetero) is 1. The van der Waals surface area contributed by atoms with Gasteiger partial charge < -0.3 is 10.0 Å². The molecule has 1 heterocycles. The highest BCUT2D eigenvalue weighted by Crippen LogP contribution is 2.33. The average molecular weight is 267 g/mol. The van der Waals surface area contributed by atoms with E-state index >= 15 is 0 Å². The number of rotatable bonds is 5. The van der Waals surface area contributed by atoms with Gasteiger partial charge in [-0.2, -0.15) is 0 Å². The van der Waals surface area contributed by atoms with E-state index < -0.39 is 0 Å². The normalized spacial score (nSPS) is 33.3. The third-order valence-corrected chi connectivity index (χ3v) is 5.13. The van der Waals surface area contributed by atoms with Crippen LogP contribution in [0.25, 0.3) is 0 Å². The van der Waals surface area contributed by atoms with Crippen molar-refractivity contribution in [3.05, 3.63) is 0 Å². The van der Waals surface area contributed by atoms with Gasteiger partial charge in [-0.3, -0.25) is 4.79 Å². The smallest absolute Gasteiger partial charge is 0.137 e. The van der Waals surface area contributed by atoms with Crippen LogP contribution in [0.3, 0.4) is 0 Å². The number of hydrogen-bond acceptors (Lipinski definition) is 3. The van der Waals surface area contributed by atoms with Crippen LogP contribution in [0.15, 0.2) is 0 Å². The van der Waals surface area contributed by atoms with Gasteiger partial charge in [-0.05, 0) is 50.0 Å². The summed E-state index contributed by atoms with van der Waals surface area (Å²) >= 11 is 0. The zero-order valence-corrected chi connectivity index (χ0v) is 12.5. The van der Waals surface area contributed by atoms with E-state index in [1.807, 2.05) is 0 Å². The first kappa shape index (κ1) is 15.0. The lowest BCUT2D eigenvalue weighted by Gasteiger charge is -2.32. The lowest BCUT2D eigenvalue weighted by molar-refractivity contribution is -0.126. The number of carbonyl (C=O) groups is 1. The van der Waals surface area contributed by atoms with Crippen LogP contribution in [0.5, 0.6) is 0 Å². The molecule has 1 aliphatic carbocycles. The highest BCUT2D eigenvalue weighted by Gasteiger charge is 2.33. The fourth-order valence-corrected chi connectivity index (χ4v) is 3.74. The van der Waals surface area contributed by atoms with Crippen LogP contribution >= 0.6 is 0 Å². The highest BCUT2D eigenvalue weighted by molar-refractivity contribution is 5.82. The Kier molecular flexibility index (Phi) is 5.40. The van der Waals surface area contributed by atoms with Crippen LogP contribution in [-0.4, -0.2) is 42.0 Å². The van der Waals surface area contributed by atoms with Gasteiger partial charge in [-0.15, -0.1) is 0 Å². The van der Waals surface area contributed by atoms with Crippen LogP contribution in [0.4, 0.5) is 0 Å². The van der Waals surface area contributed by atoms with Crippen LogP contribution in [-0.2, 0) is 4.79 Å². The van der Waals surface area contributed by atoms with E-state index in [2.05, 4.69) is 18.7 Å². The van der Waals surface area contributed by atoms with Crippen molar-refractivity contribution < 1.29 is 9.90 Å². The first-order valence-electron chi connectivity index (χ1n) is 7.96. The quantitative estimate of drug-likeness (QED) is 0.831. The van der Waals surface area contributed by atoms with Gasteiger partial charge in [0, 0.05) is 32.0 Å². The summed E-state index contributed by atoms with van der Waals surface area (Å²) in [4.78, 5) is 14.5. The largest absolute Gasteiger partial charge is 0.396 e. The molecule has 0 amide bonds. The highest BCUT2D eigenvalue weighted by atomic mass is 16.3. The fraction of sp³-hybridized carbons (Fsp3) is 0.938. The number of aliphatic hydroxyl groups excluding tert-OH is 1. The summed E-state index contributed by atoms with van der Waals surface area (Å²) in [5, 5.41) is 9.00. The molecule has 2 fully saturated rings. The summed E-state index contributed by atoms with van der Waals surface area (Å²) in [7, 11) is 0. The van der Waals surface area contributed by atoms with E-state index in [1.54, 1.807) is 0 Å². The minimum Gasteiger partial charge on any atom is -0.396 e. The summed E-state index contributed by atoms with van der Waals surface area (Å²) in [6.45, 7) is 8.02. The molecule has 0 radical (unpaired) electrons. The number of nitrogens with zero attached hydrogens (tertiary/aromatic N) is 1. The molecule has 0 aromatic carbocycles. The molecule has 0 aromatic heterocycles. The van der Waals surface area contributed by atoms with E-state index in [-0.39, 0.29) is 5.92 Å². The second-order valence-electron chi connectivity index (χ2n) is 6.87. The lowest BCUT2D eigenvalue weighted by Crippen LogP contribution is -2.36. The molecular formula is C16H29NO2. The maximum absolute atomic E-state index is 12.1. The molecule has 3 nitrogen and oxygen atoms in total. The molecule has 2 rings (SSSR count). The standard InChI is InChI=1S/C16H29NO2/c1-12(2)14-3-4-16(19)15(9-14)11-17-7-5-13(10-17)6-8-18/h12-15,18H,3-11H2,1-2H3. The number of hydrogen-bond donors (Lipinski definition) is 1. The van der Waals surface area contributed by atoms with Crippen molar-refractivity contribution in [2.45, 2.75) is 46.0 Å². The molecule has 0 aromatic rings. The van der Waals surface area contributed by atoms with E-state index in [0.29, 0.717) is 24.2 Å². The number of likely N-dealkylation sites (tertiary alicyclic amines) is 1. The molecule has 1 saturated carbocycles. The number of aliphatic hydroxyl groups is 1. The average Bonchev–Trinajstić information content (AvgIpc) is 2.80. The van der Waals surface area contributed by atoms with E-state index in [4.69, 9.17) is 5.11 Å². The van der Waals surface area contributed by atoms with Crippen molar-refractivity contribution in [2.24, 2.45) is 23.7 Å². The predicted molar refractivity (Wildman–Crippen MR) is 76.9 cm³/mol. The Morgan fingerprint density at radius 2 is 2.16 bits per heavy atom. The van der Waals surface area contributed by atoms with Gasteiger partial charge in [0.25, 0.3) is 0 Å². The molecule has 3 unspecified atom stereocenters. The topological polar surface area (TPSA) is 40.5 Å². The molecule has 1 saturated heterocycles. The Morgan fingerprint density at radius 1 is 1.37 bits per heavy atom. The summed E-state index contributed by atoms with van der Waals surface area (Å²) in [6, 6.07) is 0. The third-order valence-electron chi connectivity index (χ3n) is 5.13. The molecule has 110 valence electrons. The Bertz CT molecular complexity index is 303. The molecule has 3 heteroatoms. The van der Waals surface area contributed by atoms with Crippen LogP contribution < -0.4 is 0 Å². The predicted octanol–water partition coefficient (Wildman–Crippen LogP) is 2.33. The van der Waals surface area contributed by atoms with Crippen molar-refractivity contribution >= 4 is 5.78 Å². The van der Waals surface area contributed by atoms with Gasteiger partial charge in [0.05, 0.1) is 0 Å². The SMILES string of the molecule is CC(C)C1CCC(=O)C(CN2CCC(CCO)C2)C1.